The molecule has 0 aromatic carbocycles. The van der Waals surface area contributed by atoms with E-state index in [9.17, 15) is 0 Å². The molecule has 0 amide bonds. The van der Waals surface area contributed by atoms with E-state index in [1.54, 1.807) is 6.20 Å². The van der Waals surface area contributed by atoms with Gasteiger partial charge in [0.15, 0.2) is 11.7 Å². The molecule has 0 saturated carbocycles. The van der Waals surface area contributed by atoms with Crippen LogP contribution >= 0.6 is 24.0 Å². The minimum atomic E-state index is 0. The molecule has 0 aliphatic carbocycles. The van der Waals surface area contributed by atoms with Crippen LogP contribution in [0.5, 0.6) is 0 Å². The molecule has 2 rings (SSSR count). The summed E-state index contributed by atoms with van der Waals surface area (Å²) in [5, 5.41) is 7.20. The van der Waals surface area contributed by atoms with Gasteiger partial charge in [-0.15, -0.1) is 24.0 Å². The molecule has 24 heavy (non-hydrogen) atoms. The van der Waals surface area contributed by atoms with Crippen LogP contribution in [0.3, 0.4) is 0 Å². The van der Waals surface area contributed by atoms with E-state index in [1.807, 2.05) is 24.3 Å². The van der Waals surface area contributed by atoms with Gasteiger partial charge in [0.2, 0.25) is 0 Å². The largest absolute Gasteiger partial charge is 0.370 e. The zero-order valence-electron chi connectivity index (χ0n) is 14.2. The summed E-state index contributed by atoms with van der Waals surface area (Å²) in [4.78, 5) is 8.54. The molecule has 132 valence electrons. The number of aromatic nitrogens is 2. The average Bonchev–Trinajstić information content (AvgIpc) is 3.04. The maximum absolute atomic E-state index is 5.86. The highest BCUT2D eigenvalue weighted by atomic mass is 127. The van der Waals surface area contributed by atoms with Crippen LogP contribution in [-0.2, 0) is 13.0 Å². The van der Waals surface area contributed by atoms with Gasteiger partial charge in [-0.05, 0) is 25.0 Å². The van der Waals surface area contributed by atoms with Crippen molar-refractivity contribution in [2.24, 2.45) is 10.7 Å². The Labute approximate surface area is 160 Å². The van der Waals surface area contributed by atoms with Crippen LogP contribution in [0.1, 0.15) is 49.8 Å². The molecule has 2 heterocycles. The molecule has 2 aromatic rings. The molecule has 0 aliphatic rings. The second-order valence-corrected chi connectivity index (χ2v) is 5.43. The lowest BCUT2D eigenvalue weighted by Crippen LogP contribution is -2.33. The number of halogens is 1. The molecule has 2 aromatic heterocycles. The zero-order valence-corrected chi connectivity index (χ0v) is 16.6. The van der Waals surface area contributed by atoms with Gasteiger partial charge in [0.1, 0.15) is 6.54 Å². The number of hydrogen-bond acceptors (Lipinski definition) is 4. The summed E-state index contributed by atoms with van der Waals surface area (Å²) in [5.41, 5.74) is 7.89. The molecule has 0 atom stereocenters. The molecule has 0 bridgehead atoms. The molecular formula is C17H26IN5O. The first-order valence-electron chi connectivity index (χ1n) is 8.12. The van der Waals surface area contributed by atoms with Gasteiger partial charge < -0.3 is 15.6 Å². The average molecular weight is 443 g/mol. The number of hydrogen-bond donors (Lipinski definition) is 2. The Balaban J connectivity index is 0.00000288. The van der Waals surface area contributed by atoms with E-state index in [2.05, 4.69) is 34.3 Å². The summed E-state index contributed by atoms with van der Waals surface area (Å²) >= 11 is 0. The lowest BCUT2D eigenvalue weighted by Gasteiger charge is -2.06. The summed E-state index contributed by atoms with van der Waals surface area (Å²) < 4.78 is 5.32. The molecule has 0 saturated heterocycles. The summed E-state index contributed by atoms with van der Waals surface area (Å²) in [6.07, 6.45) is 4.71. The van der Waals surface area contributed by atoms with E-state index in [0.29, 0.717) is 25.0 Å². The van der Waals surface area contributed by atoms with Gasteiger partial charge in [-0.2, -0.15) is 0 Å². The smallest absolute Gasteiger partial charge is 0.189 e. The number of pyridine rings is 1. The summed E-state index contributed by atoms with van der Waals surface area (Å²) in [6.45, 7) is 5.41. The predicted molar refractivity (Wildman–Crippen MR) is 107 cm³/mol. The number of rotatable bonds is 8. The molecule has 0 radical (unpaired) electrons. The third kappa shape index (κ3) is 6.46. The number of guanidine groups is 1. The van der Waals surface area contributed by atoms with Crippen LogP contribution in [-0.4, -0.2) is 22.6 Å². The van der Waals surface area contributed by atoms with E-state index in [-0.39, 0.29) is 24.0 Å². The van der Waals surface area contributed by atoms with E-state index >= 15 is 0 Å². The molecule has 0 unspecified atom stereocenters. The molecule has 0 fully saturated rings. The molecule has 7 heteroatoms. The fourth-order valence-corrected chi connectivity index (χ4v) is 2.39. The van der Waals surface area contributed by atoms with Crippen LogP contribution in [0, 0.1) is 0 Å². The van der Waals surface area contributed by atoms with Crippen LogP contribution < -0.4 is 11.1 Å². The topological polar surface area (TPSA) is 89.3 Å². The molecule has 0 spiro atoms. The summed E-state index contributed by atoms with van der Waals surface area (Å²) in [7, 11) is 0. The van der Waals surface area contributed by atoms with Gasteiger partial charge in [0.25, 0.3) is 0 Å². The van der Waals surface area contributed by atoms with Crippen LogP contribution in [0.25, 0.3) is 0 Å². The monoisotopic (exact) mass is 443 g/mol. The zero-order chi connectivity index (χ0) is 16.5. The third-order valence-electron chi connectivity index (χ3n) is 3.80. The van der Waals surface area contributed by atoms with Gasteiger partial charge in [-0.25, -0.2) is 4.99 Å². The predicted octanol–water partition coefficient (Wildman–Crippen LogP) is 3.24. The first-order chi connectivity index (χ1) is 11.2. The van der Waals surface area contributed by atoms with Crippen LogP contribution in [0.15, 0.2) is 40.0 Å². The second-order valence-electron chi connectivity index (χ2n) is 5.43. The van der Waals surface area contributed by atoms with Crippen LogP contribution in [0.4, 0.5) is 0 Å². The first kappa shape index (κ1) is 20.4. The SMILES string of the molecule is CCC(CC)c1cc(CN=C(N)NCCc2ccccn2)on1.I. The van der Waals surface area contributed by atoms with Gasteiger partial charge in [-0.1, -0.05) is 25.1 Å². The Kier molecular flexibility index (Phi) is 9.36. The summed E-state index contributed by atoms with van der Waals surface area (Å²) in [5.74, 6) is 1.59. The molecule has 6 nitrogen and oxygen atoms in total. The normalized spacial score (nSPS) is 11.4. The lowest BCUT2D eigenvalue weighted by atomic mass is 9.99. The molecule has 3 N–H and O–H groups in total. The standard InChI is InChI=1S/C17H25N5O.HI/c1-3-13(4-2)16-11-15(23-22-16)12-21-17(18)20-10-8-14-7-5-6-9-19-14;/h5-7,9,11,13H,3-4,8,10,12H2,1-2H3,(H3,18,20,21);1H. The van der Waals surface area contributed by atoms with Crippen molar-refractivity contribution in [3.8, 4) is 0 Å². The van der Waals surface area contributed by atoms with Crippen molar-refractivity contribution < 1.29 is 4.52 Å². The van der Waals surface area contributed by atoms with E-state index in [0.717, 1.165) is 36.4 Å². The Hall–Kier alpha value is -1.64. The highest BCUT2D eigenvalue weighted by Crippen LogP contribution is 2.22. The van der Waals surface area contributed by atoms with Crippen molar-refractivity contribution in [3.63, 3.8) is 0 Å². The third-order valence-corrected chi connectivity index (χ3v) is 3.80. The maximum atomic E-state index is 5.86. The quantitative estimate of drug-likeness (QED) is 0.372. The number of aliphatic imine (C=N–C) groups is 1. The summed E-state index contributed by atoms with van der Waals surface area (Å²) in [6, 6.07) is 7.84. The van der Waals surface area contributed by atoms with Crippen molar-refractivity contribution in [2.75, 3.05) is 6.54 Å². The Morgan fingerprint density at radius 3 is 2.79 bits per heavy atom. The highest BCUT2D eigenvalue weighted by molar-refractivity contribution is 14.0. The lowest BCUT2D eigenvalue weighted by molar-refractivity contribution is 0.372. The van der Waals surface area contributed by atoms with Crippen molar-refractivity contribution in [1.82, 2.24) is 15.5 Å². The van der Waals surface area contributed by atoms with Crippen molar-refractivity contribution in [2.45, 2.75) is 45.6 Å². The van der Waals surface area contributed by atoms with E-state index in [1.165, 1.54) is 0 Å². The van der Waals surface area contributed by atoms with Crippen molar-refractivity contribution in [3.05, 3.63) is 47.6 Å². The minimum Gasteiger partial charge on any atom is -0.370 e. The Bertz CT molecular complexity index is 610. The molecular weight excluding hydrogens is 417 g/mol. The number of nitrogens with zero attached hydrogens (tertiary/aromatic N) is 3. The second kappa shape index (κ2) is 11.0. The van der Waals surface area contributed by atoms with Gasteiger partial charge in [0, 0.05) is 36.8 Å². The van der Waals surface area contributed by atoms with Crippen LogP contribution in [0.2, 0.25) is 0 Å². The molecule has 0 aliphatic heterocycles. The minimum absolute atomic E-state index is 0. The van der Waals surface area contributed by atoms with E-state index in [4.69, 9.17) is 10.3 Å². The number of nitrogens with two attached hydrogens (primary N) is 1. The van der Waals surface area contributed by atoms with Crippen molar-refractivity contribution in [1.29, 1.82) is 0 Å². The Morgan fingerprint density at radius 2 is 2.12 bits per heavy atom. The van der Waals surface area contributed by atoms with Gasteiger partial charge >= 0.3 is 0 Å². The fraction of sp³-hybridized carbons (Fsp3) is 0.471. The highest BCUT2D eigenvalue weighted by Gasteiger charge is 2.12. The van der Waals surface area contributed by atoms with Gasteiger partial charge in [0.05, 0.1) is 5.69 Å². The number of nitrogens with one attached hydrogen (secondary N) is 1. The first-order valence-corrected chi connectivity index (χ1v) is 8.12. The van der Waals surface area contributed by atoms with Gasteiger partial charge in [-0.3, -0.25) is 4.98 Å². The van der Waals surface area contributed by atoms with Crippen molar-refractivity contribution >= 4 is 29.9 Å². The van der Waals surface area contributed by atoms with E-state index < -0.39 is 0 Å². The fourth-order valence-electron chi connectivity index (χ4n) is 2.39. The Morgan fingerprint density at radius 1 is 1.33 bits per heavy atom. The maximum Gasteiger partial charge on any atom is 0.189 e.